The molecule has 0 amide bonds. The Kier molecular flexibility index (Phi) is 1.62. The summed E-state index contributed by atoms with van der Waals surface area (Å²) >= 11 is 0. The van der Waals surface area contributed by atoms with Gasteiger partial charge in [-0.25, -0.2) is 0 Å². The van der Waals surface area contributed by atoms with Gasteiger partial charge < -0.3 is 0 Å². The molecule has 0 saturated carbocycles. The van der Waals surface area contributed by atoms with Crippen LogP contribution >= 0.6 is 0 Å². The smallest absolute Gasteiger partial charge is 0.0139 e. The molecule has 1 rings (SSSR count). The summed E-state index contributed by atoms with van der Waals surface area (Å²) in [7, 11) is 0. The molecule has 0 N–H and O–H groups in total. The molecule has 9 heavy (non-hydrogen) atoms. The fourth-order valence-corrected chi connectivity index (χ4v) is 0.888. The van der Waals surface area contributed by atoms with Gasteiger partial charge in [-0.15, -0.1) is 0 Å². The fourth-order valence-electron chi connectivity index (χ4n) is 0.888. The third-order valence-corrected chi connectivity index (χ3v) is 1.47. The van der Waals surface area contributed by atoms with Gasteiger partial charge in [0.15, 0.2) is 0 Å². The van der Waals surface area contributed by atoms with Crippen molar-refractivity contribution in [3.8, 4) is 11.8 Å². The Bertz CT molecular complexity index is 196. The molecular formula is C9H12. The third kappa shape index (κ3) is 1.36. The van der Waals surface area contributed by atoms with Gasteiger partial charge in [0, 0.05) is 11.1 Å². The predicted octanol–water partition coefficient (Wildman–Crippen LogP) is 2.37. The SMILES string of the molecule is CC1=C(CC(C)C)C#C1. The molecule has 0 unspecified atom stereocenters. The molecular weight excluding hydrogens is 108 g/mol. The van der Waals surface area contributed by atoms with Crippen molar-refractivity contribution in [2.24, 2.45) is 5.92 Å². The number of hydrogen-bond donors (Lipinski definition) is 0. The van der Waals surface area contributed by atoms with Crippen LogP contribution in [0.1, 0.15) is 27.2 Å². The van der Waals surface area contributed by atoms with Gasteiger partial charge in [0.1, 0.15) is 0 Å². The molecule has 0 aromatic carbocycles. The molecule has 0 nitrogen and oxygen atoms in total. The molecule has 1 aliphatic carbocycles. The highest BCUT2D eigenvalue weighted by atomic mass is 14.1. The fraction of sp³-hybridized carbons (Fsp3) is 0.556. The maximum atomic E-state index is 3.06. The summed E-state index contributed by atoms with van der Waals surface area (Å²) in [5.74, 6) is 6.80. The number of hydrogen-bond acceptors (Lipinski definition) is 0. The molecule has 0 radical (unpaired) electrons. The molecule has 0 spiro atoms. The van der Waals surface area contributed by atoms with E-state index in [0.717, 1.165) is 5.92 Å². The molecule has 0 atom stereocenters. The van der Waals surface area contributed by atoms with Crippen LogP contribution in [-0.4, -0.2) is 0 Å². The summed E-state index contributed by atoms with van der Waals surface area (Å²) in [5.41, 5.74) is 2.66. The van der Waals surface area contributed by atoms with Crippen LogP contribution in [0.25, 0.3) is 0 Å². The molecule has 0 heterocycles. The topological polar surface area (TPSA) is 0 Å². The summed E-state index contributed by atoms with van der Waals surface area (Å²) in [5, 5.41) is 0. The molecule has 0 heteroatoms. The van der Waals surface area contributed by atoms with Crippen LogP contribution in [0.3, 0.4) is 0 Å². The highest BCUT2D eigenvalue weighted by molar-refractivity contribution is 5.53. The van der Waals surface area contributed by atoms with Gasteiger partial charge in [-0.3, -0.25) is 0 Å². The van der Waals surface area contributed by atoms with Crippen LogP contribution in [0, 0.1) is 17.8 Å². The van der Waals surface area contributed by atoms with Crippen LogP contribution in [0.5, 0.6) is 0 Å². The van der Waals surface area contributed by atoms with Crippen LogP contribution in [-0.2, 0) is 0 Å². The minimum absolute atomic E-state index is 0.754. The highest BCUT2D eigenvalue weighted by Crippen LogP contribution is 2.18. The lowest BCUT2D eigenvalue weighted by Gasteiger charge is -2.09. The van der Waals surface area contributed by atoms with Crippen molar-refractivity contribution in [2.75, 3.05) is 0 Å². The normalized spacial score (nSPS) is 15.1. The van der Waals surface area contributed by atoms with Gasteiger partial charge >= 0.3 is 0 Å². The summed E-state index contributed by atoms with van der Waals surface area (Å²) in [6.45, 7) is 6.54. The average Bonchev–Trinajstić information content (AvgIpc) is 1.79. The molecule has 1 aliphatic rings. The van der Waals surface area contributed by atoms with E-state index < -0.39 is 0 Å². The maximum absolute atomic E-state index is 3.06. The lowest BCUT2D eigenvalue weighted by molar-refractivity contribution is 0.648. The first kappa shape index (κ1) is 6.42. The first-order valence-electron chi connectivity index (χ1n) is 3.42. The van der Waals surface area contributed by atoms with E-state index in [1.165, 1.54) is 17.6 Å². The monoisotopic (exact) mass is 120 g/mol. The van der Waals surface area contributed by atoms with Crippen molar-refractivity contribution in [1.29, 1.82) is 0 Å². The van der Waals surface area contributed by atoms with Crippen LogP contribution in [0.2, 0.25) is 0 Å². The van der Waals surface area contributed by atoms with E-state index in [0.29, 0.717) is 0 Å². The lowest BCUT2D eigenvalue weighted by atomic mass is 9.94. The van der Waals surface area contributed by atoms with Crippen molar-refractivity contribution in [2.45, 2.75) is 27.2 Å². The minimum atomic E-state index is 0.754. The van der Waals surface area contributed by atoms with E-state index in [4.69, 9.17) is 0 Å². The zero-order valence-corrected chi connectivity index (χ0v) is 6.28. The predicted molar refractivity (Wildman–Crippen MR) is 39.9 cm³/mol. The minimum Gasteiger partial charge on any atom is -0.0657 e. The van der Waals surface area contributed by atoms with E-state index in [1.54, 1.807) is 0 Å². The standard InChI is InChI=1S/C9H12/c1-7(2)6-9-5-4-8(9)3/h7H,6H2,1-3H3. The van der Waals surface area contributed by atoms with Gasteiger partial charge in [-0.2, -0.15) is 0 Å². The van der Waals surface area contributed by atoms with Crippen LogP contribution < -0.4 is 0 Å². The highest BCUT2D eigenvalue weighted by Gasteiger charge is 2.05. The van der Waals surface area contributed by atoms with Gasteiger partial charge in [0.05, 0.1) is 0 Å². The van der Waals surface area contributed by atoms with Gasteiger partial charge in [-0.05, 0) is 19.3 Å². The lowest BCUT2D eigenvalue weighted by Crippen LogP contribution is -1.97. The Hall–Kier alpha value is -0.700. The van der Waals surface area contributed by atoms with E-state index in [2.05, 4.69) is 32.6 Å². The molecule has 0 fully saturated rings. The quantitative estimate of drug-likeness (QED) is 0.491. The summed E-state index contributed by atoms with van der Waals surface area (Å²) in [4.78, 5) is 0. The molecule has 0 bridgehead atoms. The third-order valence-electron chi connectivity index (χ3n) is 1.47. The second-order valence-corrected chi connectivity index (χ2v) is 2.95. The summed E-state index contributed by atoms with van der Waals surface area (Å²) in [6.07, 6.45) is 1.17. The largest absolute Gasteiger partial charge is 0.0657 e. The van der Waals surface area contributed by atoms with Gasteiger partial charge in [0.2, 0.25) is 0 Å². The maximum Gasteiger partial charge on any atom is 0.0139 e. The Morgan fingerprint density at radius 1 is 1.33 bits per heavy atom. The Morgan fingerprint density at radius 2 is 2.00 bits per heavy atom. The van der Waals surface area contributed by atoms with Gasteiger partial charge in [0.25, 0.3) is 0 Å². The van der Waals surface area contributed by atoms with Crippen LogP contribution in [0.15, 0.2) is 11.1 Å². The first-order chi connectivity index (χ1) is 4.20. The summed E-state index contributed by atoms with van der Waals surface area (Å²) < 4.78 is 0. The van der Waals surface area contributed by atoms with Crippen molar-refractivity contribution in [1.82, 2.24) is 0 Å². The Labute approximate surface area is 57.0 Å². The molecule has 0 aromatic rings. The molecule has 0 saturated heterocycles. The zero-order chi connectivity index (χ0) is 6.85. The van der Waals surface area contributed by atoms with Crippen molar-refractivity contribution in [3.63, 3.8) is 0 Å². The van der Waals surface area contributed by atoms with E-state index in [-0.39, 0.29) is 0 Å². The second-order valence-electron chi connectivity index (χ2n) is 2.95. The Balaban J connectivity index is 2.42. The number of rotatable bonds is 2. The van der Waals surface area contributed by atoms with Crippen molar-refractivity contribution in [3.05, 3.63) is 11.1 Å². The van der Waals surface area contributed by atoms with E-state index >= 15 is 0 Å². The van der Waals surface area contributed by atoms with E-state index in [1.807, 2.05) is 0 Å². The summed E-state index contributed by atoms with van der Waals surface area (Å²) in [6, 6.07) is 0. The number of allylic oxidation sites excluding steroid dienone is 2. The second kappa shape index (κ2) is 2.27. The first-order valence-corrected chi connectivity index (χ1v) is 3.42. The Morgan fingerprint density at radius 3 is 2.11 bits per heavy atom. The van der Waals surface area contributed by atoms with Crippen molar-refractivity contribution >= 4 is 0 Å². The van der Waals surface area contributed by atoms with Gasteiger partial charge in [-0.1, -0.05) is 25.7 Å². The van der Waals surface area contributed by atoms with Crippen molar-refractivity contribution < 1.29 is 0 Å². The van der Waals surface area contributed by atoms with E-state index in [9.17, 15) is 0 Å². The average molecular weight is 120 g/mol. The molecule has 0 aromatic heterocycles. The zero-order valence-electron chi connectivity index (χ0n) is 6.28. The molecule has 0 aliphatic heterocycles. The van der Waals surface area contributed by atoms with Crippen LogP contribution in [0.4, 0.5) is 0 Å². The molecule has 48 valence electrons.